The van der Waals surface area contributed by atoms with Gasteiger partial charge in [-0.05, 0) is 37.5 Å². The molecule has 0 amide bonds. The van der Waals surface area contributed by atoms with Crippen LogP contribution in [0, 0.1) is 11.8 Å². The fraction of sp³-hybridized carbons (Fsp3) is 0.727. The maximum absolute atomic E-state index is 11.2. The zero-order valence-corrected chi connectivity index (χ0v) is 7.46. The lowest BCUT2D eigenvalue weighted by Crippen LogP contribution is -2.22. The van der Waals surface area contributed by atoms with E-state index in [4.69, 9.17) is 0 Å². The molecule has 1 heteroatoms. The molecule has 0 bridgehead atoms. The summed E-state index contributed by atoms with van der Waals surface area (Å²) in [5.74, 6) is 1.89. The van der Waals surface area contributed by atoms with E-state index < -0.39 is 0 Å². The Kier molecular flexibility index (Phi) is 2.29. The van der Waals surface area contributed by atoms with Gasteiger partial charge in [-0.2, -0.15) is 0 Å². The molecule has 0 radical (unpaired) electrons. The van der Waals surface area contributed by atoms with E-state index in [-0.39, 0.29) is 0 Å². The Morgan fingerprint density at radius 2 is 2.25 bits per heavy atom. The van der Waals surface area contributed by atoms with Crippen LogP contribution in [-0.4, -0.2) is 5.78 Å². The maximum atomic E-state index is 11.2. The third kappa shape index (κ3) is 1.60. The number of allylic oxidation sites excluding steroid dienone is 2. The van der Waals surface area contributed by atoms with Gasteiger partial charge in [0.2, 0.25) is 0 Å². The lowest BCUT2D eigenvalue weighted by molar-refractivity contribution is -0.122. The number of carbonyl (C=O) groups is 1. The molecule has 66 valence electrons. The Morgan fingerprint density at radius 3 is 3.17 bits per heavy atom. The van der Waals surface area contributed by atoms with Crippen molar-refractivity contribution in [3.05, 3.63) is 12.2 Å². The zero-order chi connectivity index (χ0) is 8.39. The number of Topliss-reactive ketones (excluding diaryl/α,β-unsaturated/α-hetero) is 1. The van der Waals surface area contributed by atoms with E-state index >= 15 is 0 Å². The van der Waals surface area contributed by atoms with E-state index in [1.807, 2.05) is 0 Å². The number of carbonyl (C=O) groups excluding carboxylic acids is 1. The van der Waals surface area contributed by atoms with Crippen LogP contribution < -0.4 is 0 Å². The molecule has 2 atom stereocenters. The van der Waals surface area contributed by atoms with E-state index in [1.165, 1.54) is 19.3 Å². The number of hydrogen-bond donors (Lipinski definition) is 0. The van der Waals surface area contributed by atoms with Crippen molar-refractivity contribution in [1.82, 2.24) is 0 Å². The molecule has 0 heterocycles. The summed E-state index contributed by atoms with van der Waals surface area (Å²) in [4.78, 5) is 11.2. The quantitative estimate of drug-likeness (QED) is 0.503. The zero-order valence-electron chi connectivity index (χ0n) is 7.46. The molecule has 0 N–H and O–H groups in total. The second-order valence-corrected chi connectivity index (χ2v) is 4.06. The summed E-state index contributed by atoms with van der Waals surface area (Å²) in [7, 11) is 0. The highest BCUT2D eigenvalue weighted by Crippen LogP contribution is 2.34. The maximum Gasteiger partial charge on any atom is 0.133 e. The Balaban J connectivity index is 2.07. The van der Waals surface area contributed by atoms with Gasteiger partial charge in [-0.3, -0.25) is 4.79 Å². The normalized spacial score (nSPS) is 35.8. The van der Waals surface area contributed by atoms with Gasteiger partial charge >= 0.3 is 0 Å². The molecule has 1 saturated carbocycles. The summed E-state index contributed by atoms with van der Waals surface area (Å²) in [6.07, 6.45) is 11.3. The number of ketones is 1. The Bertz CT molecular complexity index is 205. The van der Waals surface area contributed by atoms with Gasteiger partial charge in [-0.15, -0.1) is 0 Å². The van der Waals surface area contributed by atoms with Gasteiger partial charge in [-0.1, -0.05) is 12.2 Å². The smallest absolute Gasteiger partial charge is 0.133 e. The van der Waals surface area contributed by atoms with Crippen molar-refractivity contribution in [3.63, 3.8) is 0 Å². The highest BCUT2D eigenvalue weighted by molar-refractivity contribution is 5.79. The molecule has 12 heavy (non-hydrogen) atoms. The van der Waals surface area contributed by atoms with Crippen LogP contribution in [0.15, 0.2) is 12.2 Å². The van der Waals surface area contributed by atoms with Gasteiger partial charge < -0.3 is 0 Å². The summed E-state index contributed by atoms with van der Waals surface area (Å²) >= 11 is 0. The monoisotopic (exact) mass is 164 g/mol. The second kappa shape index (κ2) is 3.42. The molecule has 0 spiro atoms. The fourth-order valence-electron chi connectivity index (χ4n) is 2.44. The van der Waals surface area contributed by atoms with Crippen molar-refractivity contribution in [2.75, 3.05) is 0 Å². The van der Waals surface area contributed by atoms with E-state index in [0.29, 0.717) is 11.7 Å². The van der Waals surface area contributed by atoms with Gasteiger partial charge in [0.1, 0.15) is 5.78 Å². The van der Waals surface area contributed by atoms with E-state index in [0.717, 1.165) is 25.2 Å². The molecule has 1 nitrogen and oxygen atoms in total. The lowest BCUT2D eigenvalue weighted by atomic mass is 9.77. The first-order valence-corrected chi connectivity index (χ1v) is 5.04. The molecule has 0 aromatic carbocycles. The predicted molar refractivity (Wildman–Crippen MR) is 48.8 cm³/mol. The fourth-order valence-corrected chi connectivity index (χ4v) is 2.44. The molecule has 1 fully saturated rings. The average Bonchev–Trinajstić information content (AvgIpc) is 2.28. The van der Waals surface area contributed by atoms with Gasteiger partial charge in [0.25, 0.3) is 0 Å². The van der Waals surface area contributed by atoms with Crippen molar-refractivity contribution in [1.29, 1.82) is 0 Å². The molecule has 0 saturated heterocycles. The molecule has 2 rings (SSSR count). The highest BCUT2D eigenvalue weighted by Gasteiger charge is 2.27. The predicted octanol–water partition coefficient (Wildman–Crippen LogP) is 2.71. The molecule has 0 aliphatic heterocycles. The van der Waals surface area contributed by atoms with Crippen molar-refractivity contribution in [3.8, 4) is 0 Å². The van der Waals surface area contributed by atoms with Crippen LogP contribution >= 0.6 is 0 Å². The summed E-state index contributed by atoms with van der Waals surface area (Å²) in [6, 6.07) is 0. The second-order valence-electron chi connectivity index (χ2n) is 4.06. The Hall–Kier alpha value is -0.590. The van der Waals surface area contributed by atoms with E-state index in [2.05, 4.69) is 12.2 Å². The number of fused-ring (bicyclic) bond motifs is 1. The molecule has 2 aliphatic carbocycles. The lowest BCUT2D eigenvalue weighted by Gasteiger charge is -2.27. The van der Waals surface area contributed by atoms with Crippen molar-refractivity contribution in [2.45, 2.75) is 38.5 Å². The van der Waals surface area contributed by atoms with Crippen LogP contribution in [0.1, 0.15) is 38.5 Å². The molecule has 0 unspecified atom stereocenters. The average molecular weight is 164 g/mol. The van der Waals surface area contributed by atoms with Crippen molar-refractivity contribution >= 4 is 5.78 Å². The van der Waals surface area contributed by atoms with E-state index in [1.54, 1.807) is 0 Å². The van der Waals surface area contributed by atoms with Crippen LogP contribution in [0.2, 0.25) is 0 Å². The van der Waals surface area contributed by atoms with Gasteiger partial charge in [0, 0.05) is 12.8 Å². The third-order valence-corrected chi connectivity index (χ3v) is 3.19. The first-order chi connectivity index (χ1) is 5.86. The third-order valence-electron chi connectivity index (χ3n) is 3.19. The van der Waals surface area contributed by atoms with Crippen LogP contribution in [0.3, 0.4) is 0 Å². The Labute approximate surface area is 73.8 Å². The van der Waals surface area contributed by atoms with E-state index in [9.17, 15) is 4.79 Å². The van der Waals surface area contributed by atoms with Crippen molar-refractivity contribution < 1.29 is 4.79 Å². The largest absolute Gasteiger partial charge is 0.300 e. The number of rotatable bonds is 0. The summed E-state index contributed by atoms with van der Waals surface area (Å²) in [6.45, 7) is 0. The van der Waals surface area contributed by atoms with Crippen LogP contribution in [0.5, 0.6) is 0 Å². The topological polar surface area (TPSA) is 17.1 Å². The molecular weight excluding hydrogens is 148 g/mol. The first kappa shape index (κ1) is 8.03. The molecule has 0 aromatic rings. The van der Waals surface area contributed by atoms with Gasteiger partial charge in [0.05, 0.1) is 0 Å². The van der Waals surface area contributed by atoms with Crippen LogP contribution in [0.4, 0.5) is 0 Å². The standard InChI is InChI=1S/C11H16O/c12-11-7-6-9-4-2-1-3-5-10(9)8-11/h3,5,9-10H,1-2,4,6-8H2/t9-,10-/m1/s1. The van der Waals surface area contributed by atoms with Crippen LogP contribution in [0.25, 0.3) is 0 Å². The minimum Gasteiger partial charge on any atom is -0.300 e. The Morgan fingerprint density at radius 1 is 1.33 bits per heavy atom. The summed E-state index contributed by atoms with van der Waals surface area (Å²) in [5, 5.41) is 0. The molecule has 2 aliphatic rings. The minimum atomic E-state index is 0.475. The molecular formula is C11H16O. The summed E-state index contributed by atoms with van der Waals surface area (Å²) < 4.78 is 0. The summed E-state index contributed by atoms with van der Waals surface area (Å²) in [5.41, 5.74) is 0. The van der Waals surface area contributed by atoms with Crippen molar-refractivity contribution in [2.24, 2.45) is 11.8 Å². The van der Waals surface area contributed by atoms with Gasteiger partial charge in [0.15, 0.2) is 0 Å². The highest BCUT2D eigenvalue weighted by atomic mass is 16.1. The SMILES string of the molecule is O=C1CC[C@H]2CCCC=C[C@@H]2C1. The van der Waals surface area contributed by atoms with Crippen LogP contribution in [-0.2, 0) is 4.79 Å². The first-order valence-electron chi connectivity index (χ1n) is 5.04. The minimum absolute atomic E-state index is 0.475. The number of hydrogen-bond acceptors (Lipinski definition) is 1. The van der Waals surface area contributed by atoms with Gasteiger partial charge in [-0.25, -0.2) is 0 Å². The molecule has 0 aromatic heterocycles.